The molecule has 3 rings (SSSR count). The highest BCUT2D eigenvalue weighted by Crippen LogP contribution is 2.38. The van der Waals surface area contributed by atoms with Crippen molar-refractivity contribution in [2.24, 2.45) is 11.3 Å². The number of methoxy groups -OCH3 is 1. The second-order valence-electron chi connectivity index (χ2n) is 8.71. The van der Waals surface area contributed by atoms with E-state index in [1.165, 1.54) is 24.3 Å². The topological polar surface area (TPSA) is 111 Å². The van der Waals surface area contributed by atoms with Gasteiger partial charge in [0.15, 0.2) is 0 Å². The summed E-state index contributed by atoms with van der Waals surface area (Å²) in [5, 5.41) is 18.7. The molecule has 186 valence electrons. The minimum absolute atomic E-state index is 0.0430. The highest BCUT2D eigenvalue weighted by atomic mass is 19.3. The van der Waals surface area contributed by atoms with E-state index in [2.05, 4.69) is 16.0 Å². The average molecular weight is 487 g/mol. The van der Waals surface area contributed by atoms with Crippen LogP contribution in [0.5, 0.6) is 11.5 Å². The van der Waals surface area contributed by atoms with E-state index in [1.54, 1.807) is 26.0 Å². The van der Waals surface area contributed by atoms with Gasteiger partial charge in [0, 0.05) is 31.2 Å². The summed E-state index contributed by atoms with van der Waals surface area (Å²) in [5.74, 6) is -0.348. The summed E-state index contributed by atoms with van der Waals surface area (Å²) in [7, 11) is 1.34. The number of aliphatic hydroxyl groups excluding tert-OH is 1. The van der Waals surface area contributed by atoms with Gasteiger partial charge in [-0.05, 0) is 44.6 Å². The largest absolute Gasteiger partial charge is 0.496 e. The molecule has 1 aliphatic heterocycles. The van der Waals surface area contributed by atoms with Crippen LogP contribution < -0.4 is 9.47 Å². The Labute approximate surface area is 202 Å². The van der Waals surface area contributed by atoms with Gasteiger partial charge >= 0.3 is 6.61 Å². The number of carbonyl (C=O) groups is 1. The smallest absolute Gasteiger partial charge is 0.387 e. The first-order chi connectivity index (χ1) is 16.6. The van der Waals surface area contributed by atoms with Gasteiger partial charge in [0.05, 0.1) is 30.5 Å². The first kappa shape index (κ1) is 25.9. The lowest BCUT2D eigenvalue weighted by Gasteiger charge is -2.38. The Hall–Kier alpha value is -3.71. The van der Waals surface area contributed by atoms with Crippen LogP contribution in [0.3, 0.4) is 0 Å². The SMILES string of the molecule is C/C=C\C(=C/c1ncc(-c2cc(OC)c(C(=O)N3CC(CO)C3)c(OC(F)F)c2)[nH]1)C(C)(C)C#N. The summed E-state index contributed by atoms with van der Waals surface area (Å²) in [6, 6.07) is 5.13. The van der Waals surface area contributed by atoms with Crippen LogP contribution in [0.15, 0.2) is 36.1 Å². The van der Waals surface area contributed by atoms with Crippen molar-refractivity contribution in [2.45, 2.75) is 27.4 Å². The number of nitrogens with zero attached hydrogens (tertiary/aromatic N) is 3. The molecule has 1 aromatic carbocycles. The molecule has 1 saturated heterocycles. The van der Waals surface area contributed by atoms with Crippen LogP contribution in [0, 0.1) is 22.7 Å². The van der Waals surface area contributed by atoms with Crippen LogP contribution in [-0.4, -0.2) is 59.3 Å². The molecule has 2 aromatic rings. The Balaban J connectivity index is 2.02. The van der Waals surface area contributed by atoms with Crippen LogP contribution in [0.2, 0.25) is 0 Å². The number of imidazole rings is 1. The summed E-state index contributed by atoms with van der Waals surface area (Å²) < 4.78 is 36.5. The summed E-state index contributed by atoms with van der Waals surface area (Å²) in [6.07, 6.45) is 6.90. The lowest BCUT2D eigenvalue weighted by molar-refractivity contribution is -0.0505. The number of carbonyl (C=O) groups excluding carboxylic acids is 1. The second kappa shape index (κ2) is 10.7. The highest BCUT2D eigenvalue weighted by molar-refractivity contribution is 6.01. The number of rotatable bonds is 9. The van der Waals surface area contributed by atoms with Crippen molar-refractivity contribution in [1.29, 1.82) is 5.26 Å². The van der Waals surface area contributed by atoms with E-state index in [9.17, 15) is 23.9 Å². The minimum atomic E-state index is -3.15. The molecular weight excluding hydrogens is 458 g/mol. The quantitative estimate of drug-likeness (QED) is 0.513. The fourth-order valence-corrected chi connectivity index (χ4v) is 3.70. The number of hydrogen-bond donors (Lipinski definition) is 2. The molecule has 0 radical (unpaired) electrons. The fourth-order valence-electron chi connectivity index (χ4n) is 3.70. The first-order valence-electron chi connectivity index (χ1n) is 11.0. The van der Waals surface area contributed by atoms with E-state index in [1.807, 2.05) is 19.1 Å². The molecule has 0 bridgehead atoms. The van der Waals surface area contributed by atoms with Crippen molar-refractivity contribution < 1.29 is 28.2 Å². The van der Waals surface area contributed by atoms with Crippen LogP contribution in [0.25, 0.3) is 17.3 Å². The van der Waals surface area contributed by atoms with Crippen LogP contribution >= 0.6 is 0 Å². The molecule has 2 heterocycles. The molecule has 0 spiro atoms. The number of likely N-dealkylation sites (tertiary alicyclic amines) is 1. The number of nitriles is 1. The number of hydrogen-bond acceptors (Lipinski definition) is 6. The van der Waals surface area contributed by atoms with Crippen molar-refractivity contribution in [1.82, 2.24) is 14.9 Å². The Morgan fingerprint density at radius 1 is 1.40 bits per heavy atom. The molecule has 35 heavy (non-hydrogen) atoms. The van der Waals surface area contributed by atoms with Gasteiger partial charge in [-0.15, -0.1) is 0 Å². The standard InChI is InChI=1S/C25H28F2N4O4/c1-5-6-17(25(2,3)14-28)9-21-29-10-18(30-21)16-7-19(34-4)22(20(8-16)35-24(26)27)23(33)31-11-15(12-31)13-32/h5-10,15,24,32H,11-13H2,1-4H3,(H,29,30)/b6-5-,17-9+. The summed E-state index contributed by atoms with van der Waals surface area (Å²) in [4.78, 5) is 21.9. The number of aromatic amines is 1. The van der Waals surface area contributed by atoms with Crippen molar-refractivity contribution in [2.75, 3.05) is 26.8 Å². The number of halogens is 2. The van der Waals surface area contributed by atoms with Gasteiger partial charge in [-0.1, -0.05) is 12.2 Å². The highest BCUT2D eigenvalue weighted by Gasteiger charge is 2.34. The van der Waals surface area contributed by atoms with E-state index in [0.717, 1.165) is 5.57 Å². The average Bonchev–Trinajstić information content (AvgIpc) is 3.25. The molecule has 10 heteroatoms. The zero-order valence-electron chi connectivity index (χ0n) is 20.0. The van der Waals surface area contributed by atoms with E-state index < -0.39 is 17.9 Å². The van der Waals surface area contributed by atoms with Gasteiger partial charge in [0.25, 0.3) is 5.91 Å². The van der Waals surface area contributed by atoms with Crippen molar-refractivity contribution in [3.63, 3.8) is 0 Å². The number of nitrogens with one attached hydrogen (secondary N) is 1. The number of allylic oxidation sites excluding steroid dienone is 3. The van der Waals surface area contributed by atoms with E-state index in [0.29, 0.717) is 30.2 Å². The van der Waals surface area contributed by atoms with Gasteiger partial charge in [-0.2, -0.15) is 14.0 Å². The zero-order chi connectivity index (χ0) is 25.8. The summed E-state index contributed by atoms with van der Waals surface area (Å²) in [5.41, 5.74) is 0.768. The lowest BCUT2D eigenvalue weighted by atomic mass is 9.85. The van der Waals surface area contributed by atoms with Crippen molar-refractivity contribution in [3.05, 3.63) is 47.4 Å². The van der Waals surface area contributed by atoms with Gasteiger partial charge in [-0.25, -0.2) is 4.98 Å². The van der Waals surface area contributed by atoms with Gasteiger partial charge in [-0.3, -0.25) is 4.79 Å². The third-order valence-electron chi connectivity index (χ3n) is 5.76. The van der Waals surface area contributed by atoms with Crippen LogP contribution in [0.4, 0.5) is 8.78 Å². The second-order valence-corrected chi connectivity index (χ2v) is 8.71. The number of ether oxygens (including phenoxy) is 2. The van der Waals surface area contributed by atoms with Gasteiger partial charge < -0.3 is 24.5 Å². The van der Waals surface area contributed by atoms with Crippen molar-refractivity contribution in [3.8, 4) is 28.8 Å². The predicted molar refractivity (Wildman–Crippen MR) is 126 cm³/mol. The Bertz CT molecular complexity index is 1170. The normalized spacial score (nSPS) is 14.8. The molecule has 2 N–H and O–H groups in total. The maximum Gasteiger partial charge on any atom is 0.387 e. The predicted octanol–water partition coefficient (Wildman–Crippen LogP) is 4.26. The molecule has 8 nitrogen and oxygen atoms in total. The molecule has 1 fully saturated rings. The molecule has 0 atom stereocenters. The molecule has 0 saturated carbocycles. The Morgan fingerprint density at radius 3 is 2.66 bits per heavy atom. The monoisotopic (exact) mass is 486 g/mol. The molecule has 1 aromatic heterocycles. The molecular formula is C25H28F2N4O4. The van der Waals surface area contributed by atoms with Gasteiger partial charge in [0.2, 0.25) is 0 Å². The van der Waals surface area contributed by atoms with E-state index in [4.69, 9.17) is 9.47 Å². The zero-order valence-corrected chi connectivity index (χ0v) is 20.0. The number of aromatic nitrogens is 2. The van der Waals surface area contributed by atoms with Crippen LogP contribution in [0.1, 0.15) is 37.0 Å². The fraction of sp³-hybridized carbons (Fsp3) is 0.400. The minimum Gasteiger partial charge on any atom is -0.496 e. The third-order valence-corrected chi connectivity index (χ3v) is 5.76. The number of aliphatic hydroxyl groups is 1. The summed E-state index contributed by atoms with van der Waals surface area (Å²) >= 11 is 0. The van der Waals surface area contributed by atoms with E-state index >= 15 is 0 Å². The van der Waals surface area contributed by atoms with Crippen LogP contribution in [-0.2, 0) is 0 Å². The van der Waals surface area contributed by atoms with Crippen molar-refractivity contribution >= 4 is 12.0 Å². The molecule has 1 aliphatic rings. The lowest BCUT2D eigenvalue weighted by Crippen LogP contribution is -2.51. The number of alkyl halides is 2. The molecule has 0 aliphatic carbocycles. The number of H-pyrrole nitrogens is 1. The Morgan fingerprint density at radius 2 is 2.09 bits per heavy atom. The van der Waals surface area contributed by atoms with E-state index in [-0.39, 0.29) is 29.6 Å². The first-order valence-corrected chi connectivity index (χ1v) is 11.0. The molecule has 0 unspecified atom stereocenters. The Kier molecular flexibility index (Phi) is 7.92. The maximum absolute atomic E-state index is 13.2. The third kappa shape index (κ3) is 5.69. The summed E-state index contributed by atoms with van der Waals surface area (Å²) in [6.45, 7) is 2.85. The van der Waals surface area contributed by atoms with Gasteiger partial charge in [0.1, 0.15) is 22.9 Å². The maximum atomic E-state index is 13.2. The number of amides is 1. The molecule has 1 amide bonds. The number of benzene rings is 1.